The van der Waals surface area contributed by atoms with Crippen molar-refractivity contribution in [1.82, 2.24) is 39.0 Å². The van der Waals surface area contributed by atoms with Crippen LogP contribution in [0.2, 0.25) is 0 Å². The number of hydrogen-bond donors (Lipinski definition) is 7. The molecular formula is C23H32N10O14P2S. The van der Waals surface area contributed by atoms with Gasteiger partial charge in [-0.25, -0.2) is 19.1 Å². The van der Waals surface area contributed by atoms with E-state index in [1.807, 2.05) is 0 Å². The van der Waals surface area contributed by atoms with Gasteiger partial charge in [-0.15, -0.1) is 0 Å². The number of anilines is 2. The lowest BCUT2D eigenvalue weighted by molar-refractivity contribution is -0.0584. The molecular weight excluding hydrogens is 734 g/mol. The maximum atomic E-state index is 13.7. The number of aliphatic hydroxyl groups is 1. The van der Waals surface area contributed by atoms with E-state index >= 15 is 0 Å². The van der Waals surface area contributed by atoms with Crippen molar-refractivity contribution >= 4 is 61.1 Å². The molecule has 8 N–H and O–H groups in total. The first kappa shape index (κ1) is 36.5. The molecule has 0 aromatic carbocycles. The van der Waals surface area contributed by atoms with Crippen LogP contribution in [-0.2, 0) is 46.2 Å². The highest BCUT2D eigenvalue weighted by Crippen LogP contribution is 2.57. The van der Waals surface area contributed by atoms with Crippen LogP contribution in [0.1, 0.15) is 12.5 Å². The lowest BCUT2D eigenvalue weighted by Gasteiger charge is -2.26. The molecule has 4 aromatic heterocycles. The third-order valence-corrected chi connectivity index (χ3v) is 10.4. The number of aromatic nitrogens is 8. The molecule has 0 amide bonds. The largest absolute Gasteiger partial charge is 0.472 e. The lowest BCUT2D eigenvalue weighted by atomic mass is 10.1. The molecule has 274 valence electrons. The number of rotatable bonds is 13. The summed E-state index contributed by atoms with van der Waals surface area (Å²) in [7, 11) is -1.000. The van der Waals surface area contributed by atoms with Crippen molar-refractivity contribution in [3.05, 3.63) is 33.4 Å². The molecule has 2 aliphatic heterocycles. The Morgan fingerprint density at radius 3 is 1.88 bits per heavy atom. The average Bonchev–Trinajstić information content (AvgIpc) is 3.82. The first-order valence-electron chi connectivity index (χ1n) is 14.3. The van der Waals surface area contributed by atoms with E-state index in [0.717, 1.165) is 7.11 Å². The summed E-state index contributed by atoms with van der Waals surface area (Å²) >= 11 is 4.11. The molecule has 24 nitrogen and oxygen atoms in total. The average molecular weight is 767 g/mol. The summed E-state index contributed by atoms with van der Waals surface area (Å²) in [6, 6.07) is 0. The minimum Gasteiger partial charge on any atom is -0.387 e. The topological polar surface area (TPSA) is 328 Å². The zero-order chi connectivity index (χ0) is 36.1. The highest BCUT2D eigenvalue weighted by Gasteiger charge is 2.52. The summed E-state index contributed by atoms with van der Waals surface area (Å²) in [6.45, 7) is -5.65. The fourth-order valence-corrected chi connectivity index (χ4v) is 7.54. The van der Waals surface area contributed by atoms with E-state index < -0.39 is 88.0 Å². The van der Waals surface area contributed by atoms with Gasteiger partial charge in [-0.05, 0) is 0 Å². The van der Waals surface area contributed by atoms with Crippen LogP contribution in [0, 0.1) is 0 Å². The number of aliphatic hydroxyl groups excluding tert-OH is 1. The van der Waals surface area contributed by atoms with Gasteiger partial charge in [0.25, 0.3) is 11.1 Å². The zero-order valence-corrected chi connectivity index (χ0v) is 28.8. The Kier molecular flexibility index (Phi) is 10.2. The highest BCUT2D eigenvalue weighted by molar-refractivity contribution is 8.44. The number of nitrogens with one attached hydrogen (secondary N) is 2. The monoisotopic (exact) mass is 766 g/mol. The van der Waals surface area contributed by atoms with Crippen LogP contribution in [0.5, 0.6) is 0 Å². The minimum atomic E-state index is -4.54. The SMILES string of the molecule is COC1C(O)C(CO[P@](=O)(S)OC2C(COP(=O)(O)OC)OC(n3cnc4c(=O)[nH]c(N)nc43)C2OC)OC1n1cnc2c(=O)[nH]c(N)nc21. The van der Waals surface area contributed by atoms with Crippen LogP contribution in [0.3, 0.4) is 0 Å². The second kappa shape index (κ2) is 14.0. The number of methoxy groups -OCH3 is 2. The Balaban J connectivity index is 1.22. The number of hydrogen-bond acceptors (Lipinski definition) is 19. The molecule has 0 bridgehead atoms. The summed E-state index contributed by atoms with van der Waals surface area (Å²) in [6.07, 6.45) is -7.27. The summed E-state index contributed by atoms with van der Waals surface area (Å²) in [5, 5.41) is 11.0. The maximum absolute atomic E-state index is 13.7. The number of aromatic amines is 2. The van der Waals surface area contributed by atoms with Crippen LogP contribution in [-0.4, -0.2) is 120 Å². The van der Waals surface area contributed by atoms with Crippen LogP contribution in [0.15, 0.2) is 22.2 Å². The molecule has 0 radical (unpaired) electrons. The summed E-state index contributed by atoms with van der Waals surface area (Å²) in [5.41, 5.74) is 10.1. The molecule has 2 aliphatic rings. The first-order valence-corrected chi connectivity index (χ1v) is 18.5. The van der Waals surface area contributed by atoms with E-state index in [9.17, 15) is 28.7 Å². The van der Waals surface area contributed by atoms with Gasteiger partial charge in [0.15, 0.2) is 34.8 Å². The normalized spacial score (nSPS) is 29.5. The first-order chi connectivity index (χ1) is 23.7. The number of nitrogens with zero attached hydrogens (tertiary/aromatic N) is 6. The third-order valence-electron chi connectivity index (χ3n) is 7.88. The van der Waals surface area contributed by atoms with Crippen LogP contribution in [0.4, 0.5) is 11.9 Å². The Morgan fingerprint density at radius 2 is 1.36 bits per heavy atom. The van der Waals surface area contributed by atoms with Gasteiger partial charge in [0.1, 0.15) is 36.6 Å². The van der Waals surface area contributed by atoms with Gasteiger partial charge in [-0.2, -0.15) is 9.97 Å². The third kappa shape index (κ3) is 6.97. The molecule has 4 aromatic rings. The predicted molar refractivity (Wildman–Crippen MR) is 171 cm³/mol. The minimum absolute atomic E-state index is 0.00330. The van der Waals surface area contributed by atoms with E-state index in [1.165, 1.54) is 36.0 Å². The molecule has 2 saturated heterocycles. The fourth-order valence-electron chi connectivity index (χ4n) is 5.61. The van der Waals surface area contributed by atoms with Crippen molar-refractivity contribution in [1.29, 1.82) is 0 Å². The molecule has 6 rings (SSSR count). The number of imidazole rings is 2. The molecule has 10 atom stereocenters. The number of thiol groups is 1. The second-order valence-electron chi connectivity index (χ2n) is 10.9. The van der Waals surface area contributed by atoms with Gasteiger partial charge in [0.05, 0.1) is 25.9 Å². The molecule has 27 heteroatoms. The number of ether oxygens (including phenoxy) is 4. The number of nitrogens with two attached hydrogens (primary N) is 2. The maximum Gasteiger partial charge on any atom is 0.472 e. The number of fused-ring (bicyclic) bond motifs is 2. The van der Waals surface area contributed by atoms with Gasteiger partial charge in [0.2, 0.25) is 11.9 Å². The van der Waals surface area contributed by atoms with Crippen LogP contribution >= 0.6 is 26.9 Å². The molecule has 6 heterocycles. The summed E-state index contributed by atoms with van der Waals surface area (Å²) < 4.78 is 72.4. The van der Waals surface area contributed by atoms with Gasteiger partial charge >= 0.3 is 14.6 Å². The quantitative estimate of drug-likeness (QED) is 0.0621. The number of phosphoric ester groups is 1. The van der Waals surface area contributed by atoms with Crippen LogP contribution in [0.25, 0.3) is 22.3 Å². The Hall–Kier alpha value is -3.29. The molecule has 2 fully saturated rings. The van der Waals surface area contributed by atoms with E-state index in [2.05, 4.69) is 46.7 Å². The number of H-pyrrole nitrogens is 2. The van der Waals surface area contributed by atoms with Crippen molar-refractivity contribution in [2.75, 3.05) is 46.0 Å². The standard InChI is InChI=1S/C23H32N10O14P2S/c1-40-14-12(34)8(45-20(14)32-6-26-10-16(32)28-22(24)30-18(10)35)4-44-49(39,50)47-13-9(5-43-48(37,38)42-3)46-21(15(13)41-2)33-7-27-11-17(33)29-23(25)31-19(11)36/h6-9,12-15,20-21,34H,4-5H2,1-3H3,(H,37,38)(H,39,50)(H3,24,28,30,35)(H3,25,29,31,36)/t8?,9?,12?,13?,14?,15?,20?,21?,49-/m0/s1. The smallest absolute Gasteiger partial charge is 0.387 e. The fraction of sp³-hybridized carbons (Fsp3) is 0.565. The highest BCUT2D eigenvalue weighted by atomic mass is 32.7. The van der Waals surface area contributed by atoms with Crippen molar-refractivity contribution in [3.63, 3.8) is 0 Å². The van der Waals surface area contributed by atoms with Crippen molar-refractivity contribution in [3.8, 4) is 0 Å². The predicted octanol–water partition coefficient (Wildman–Crippen LogP) is -1.19. The second-order valence-corrected chi connectivity index (χ2v) is 15.3. The Morgan fingerprint density at radius 1 is 0.860 bits per heavy atom. The van der Waals surface area contributed by atoms with Gasteiger partial charge < -0.3 is 40.4 Å². The van der Waals surface area contributed by atoms with E-state index in [4.69, 9.17) is 44.0 Å². The Labute approximate surface area is 284 Å². The van der Waals surface area contributed by atoms with Gasteiger partial charge in [-0.3, -0.25) is 46.8 Å². The van der Waals surface area contributed by atoms with E-state index in [1.54, 1.807) is 0 Å². The zero-order valence-electron chi connectivity index (χ0n) is 26.2. The number of nitrogen functional groups attached to an aromatic ring is 2. The molecule has 0 aliphatic carbocycles. The van der Waals surface area contributed by atoms with Crippen molar-refractivity contribution in [2.45, 2.75) is 49.1 Å². The molecule has 50 heavy (non-hydrogen) atoms. The van der Waals surface area contributed by atoms with Gasteiger partial charge in [0, 0.05) is 21.3 Å². The van der Waals surface area contributed by atoms with Crippen LogP contribution < -0.4 is 22.6 Å². The summed E-state index contributed by atoms with van der Waals surface area (Å²) in [4.78, 5) is 55.5. The molecule has 9 unspecified atom stereocenters. The lowest BCUT2D eigenvalue weighted by Crippen LogP contribution is -2.37. The molecule has 0 saturated carbocycles. The van der Waals surface area contributed by atoms with E-state index in [-0.39, 0.29) is 34.2 Å². The van der Waals surface area contributed by atoms with E-state index in [0.29, 0.717) is 0 Å². The summed E-state index contributed by atoms with van der Waals surface area (Å²) in [5.74, 6) is -0.400. The Bertz CT molecular complexity index is 2090. The number of phosphoric acid groups is 1. The molecule has 0 spiro atoms. The van der Waals surface area contributed by atoms with Crippen molar-refractivity contribution in [2.24, 2.45) is 0 Å². The van der Waals surface area contributed by atoms with Gasteiger partial charge in [-0.1, -0.05) is 12.2 Å². The van der Waals surface area contributed by atoms with Crippen molar-refractivity contribution < 1.29 is 56.2 Å².